The van der Waals surface area contributed by atoms with Gasteiger partial charge in [-0.15, -0.1) is 0 Å². The third kappa shape index (κ3) is 1.60. The van der Waals surface area contributed by atoms with Crippen LogP contribution in [0.1, 0.15) is 36.4 Å². The molecule has 2 rings (SSSR count). The van der Waals surface area contributed by atoms with Gasteiger partial charge < -0.3 is 10.5 Å². The molecule has 76 valence electrons. The Morgan fingerprint density at radius 2 is 2.36 bits per heavy atom. The van der Waals surface area contributed by atoms with Crippen molar-refractivity contribution in [2.75, 3.05) is 7.11 Å². The predicted molar refractivity (Wildman–Crippen MR) is 55.3 cm³/mol. The van der Waals surface area contributed by atoms with Crippen LogP contribution in [0.5, 0.6) is 5.75 Å². The SMILES string of the molecule is COc1cnc(C2CCC2)cc1CN. The Labute approximate surface area is 84.3 Å². The molecule has 0 spiro atoms. The van der Waals surface area contributed by atoms with E-state index in [1.165, 1.54) is 25.0 Å². The molecule has 1 aromatic heterocycles. The van der Waals surface area contributed by atoms with Crippen LogP contribution in [-0.2, 0) is 6.54 Å². The first-order valence-electron chi connectivity index (χ1n) is 5.08. The Kier molecular flexibility index (Phi) is 2.68. The zero-order chi connectivity index (χ0) is 9.97. The van der Waals surface area contributed by atoms with Crippen LogP contribution in [0.2, 0.25) is 0 Å². The highest BCUT2D eigenvalue weighted by molar-refractivity contribution is 5.33. The van der Waals surface area contributed by atoms with Gasteiger partial charge in [0.15, 0.2) is 0 Å². The number of ether oxygens (including phenoxy) is 1. The van der Waals surface area contributed by atoms with Crippen LogP contribution >= 0.6 is 0 Å². The van der Waals surface area contributed by atoms with E-state index in [-0.39, 0.29) is 0 Å². The zero-order valence-corrected chi connectivity index (χ0v) is 8.49. The average Bonchev–Trinajstić information content (AvgIpc) is 2.15. The lowest BCUT2D eigenvalue weighted by molar-refractivity contribution is 0.396. The highest BCUT2D eigenvalue weighted by Crippen LogP contribution is 2.36. The van der Waals surface area contributed by atoms with Crippen LogP contribution < -0.4 is 10.5 Å². The lowest BCUT2D eigenvalue weighted by Crippen LogP contribution is -2.12. The van der Waals surface area contributed by atoms with Crippen LogP contribution in [0.4, 0.5) is 0 Å². The molecule has 1 aliphatic rings. The van der Waals surface area contributed by atoms with E-state index < -0.39 is 0 Å². The fourth-order valence-electron chi connectivity index (χ4n) is 1.77. The van der Waals surface area contributed by atoms with Crippen molar-refractivity contribution in [3.8, 4) is 5.75 Å². The molecule has 1 aliphatic carbocycles. The highest BCUT2D eigenvalue weighted by atomic mass is 16.5. The first kappa shape index (κ1) is 9.46. The van der Waals surface area contributed by atoms with E-state index >= 15 is 0 Å². The van der Waals surface area contributed by atoms with Crippen LogP contribution in [-0.4, -0.2) is 12.1 Å². The molecule has 0 bridgehead atoms. The molecule has 0 aliphatic heterocycles. The van der Waals surface area contributed by atoms with Gasteiger partial charge in [0.05, 0.1) is 13.3 Å². The minimum absolute atomic E-state index is 0.519. The van der Waals surface area contributed by atoms with Gasteiger partial charge in [-0.05, 0) is 18.9 Å². The van der Waals surface area contributed by atoms with Gasteiger partial charge in [-0.3, -0.25) is 4.98 Å². The minimum atomic E-state index is 0.519. The molecule has 14 heavy (non-hydrogen) atoms. The summed E-state index contributed by atoms with van der Waals surface area (Å²) in [7, 11) is 1.65. The van der Waals surface area contributed by atoms with E-state index in [4.69, 9.17) is 10.5 Å². The number of hydrogen-bond acceptors (Lipinski definition) is 3. The van der Waals surface area contributed by atoms with Gasteiger partial charge in [0.25, 0.3) is 0 Å². The maximum atomic E-state index is 5.65. The quantitative estimate of drug-likeness (QED) is 0.794. The molecule has 3 heteroatoms. The molecule has 2 N–H and O–H groups in total. The molecule has 1 aromatic rings. The molecule has 0 amide bonds. The van der Waals surface area contributed by atoms with E-state index in [1.54, 1.807) is 13.3 Å². The molecular weight excluding hydrogens is 176 g/mol. The maximum absolute atomic E-state index is 5.65. The number of hydrogen-bond donors (Lipinski definition) is 1. The second-order valence-electron chi connectivity index (χ2n) is 3.75. The maximum Gasteiger partial charge on any atom is 0.141 e. The van der Waals surface area contributed by atoms with Crippen molar-refractivity contribution in [1.29, 1.82) is 0 Å². The molecule has 0 saturated heterocycles. The van der Waals surface area contributed by atoms with E-state index in [0.717, 1.165) is 11.3 Å². The van der Waals surface area contributed by atoms with Crippen molar-refractivity contribution in [3.63, 3.8) is 0 Å². The fourth-order valence-corrected chi connectivity index (χ4v) is 1.77. The number of nitrogens with two attached hydrogens (primary N) is 1. The van der Waals surface area contributed by atoms with E-state index in [0.29, 0.717) is 12.5 Å². The van der Waals surface area contributed by atoms with Crippen molar-refractivity contribution in [1.82, 2.24) is 4.98 Å². The summed E-state index contributed by atoms with van der Waals surface area (Å²) in [6, 6.07) is 2.09. The number of aromatic nitrogens is 1. The van der Waals surface area contributed by atoms with Crippen molar-refractivity contribution >= 4 is 0 Å². The zero-order valence-electron chi connectivity index (χ0n) is 8.49. The normalized spacial score (nSPS) is 16.4. The van der Waals surface area contributed by atoms with Crippen LogP contribution in [0.3, 0.4) is 0 Å². The van der Waals surface area contributed by atoms with Crippen LogP contribution in [0, 0.1) is 0 Å². The average molecular weight is 192 g/mol. The molecule has 1 saturated carbocycles. The third-order valence-corrected chi connectivity index (χ3v) is 2.93. The molecule has 1 heterocycles. The van der Waals surface area contributed by atoms with Gasteiger partial charge in [0.1, 0.15) is 5.75 Å². The summed E-state index contributed by atoms with van der Waals surface area (Å²) < 4.78 is 5.18. The van der Waals surface area contributed by atoms with Crippen molar-refractivity contribution in [3.05, 3.63) is 23.5 Å². The molecular formula is C11H16N2O. The first-order chi connectivity index (χ1) is 6.85. The topological polar surface area (TPSA) is 48.1 Å². The molecule has 0 radical (unpaired) electrons. The lowest BCUT2D eigenvalue weighted by atomic mass is 9.82. The summed E-state index contributed by atoms with van der Waals surface area (Å²) >= 11 is 0. The van der Waals surface area contributed by atoms with Gasteiger partial charge in [0.2, 0.25) is 0 Å². The Morgan fingerprint density at radius 3 is 2.86 bits per heavy atom. The first-order valence-corrected chi connectivity index (χ1v) is 5.08. The Bertz CT molecular complexity index is 321. The summed E-state index contributed by atoms with van der Waals surface area (Å²) in [5, 5.41) is 0. The van der Waals surface area contributed by atoms with Gasteiger partial charge in [-0.2, -0.15) is 0 Å². The van der Waals surface area contributed by atoms with E-state index in [9.17, 15) is 0 Å². The van der Waals surface area contributed by atoms with Crippen molar-refractivity contribution < 1.29 is 4.74 Å². The number of pyridine rings is 1. The molecule has 1 fully saturated rings. The predicted octanol–water partition coefficient (Wildman–Crippen LogP) is 1.82. The number of rotatable bonds is 3. The summed E-state index contributed by atoms with van der Waals surface area (Å²) in [4.78, 5) is 4.40. The smallest absolute Gasteiger partial charge is 0.141 e. The number of methoxy groups -OCH3 is 1. The highest BCUT2D eigenvalue weighted by Gasteiger charge is 2.21. The second-order valence-corrected chi connectivity index (χ2v) is 3.75. The fraction of sp³-hybridized carbons (Fsp3) is 0.545. The van der Waals surface area contributed by atoms with E-state index in [2.05, 4.69) is 11.1 Å². The summed E-state index contributed by atoms with van der Waals surface area (Å²) in [6.45, 7) is 0.519. The van der Waals surface area contributed by atoms with Gasteiger partial charge >= 0.3 is 0 Å². The van der Waals surface area contributed by atoms with Gasteiger partial charge in [-0.1, -0.05) is 6.42 Å². The largest absolute Gasteiger partial charge is 0.495 e. The van der Waals surface area contributed by atoms with Crippen molar-refractivity contribution in [2.24, 2.45) is 5.73 Å². The molecule has 0 atom stereocenters. The Morgan fingerprint density at radius 1 is 1.57 bits per heavy atom. The minimum Gasteiger partial charge on any atom is -0.495 e. The Balaban J connectivity index is 2.26. The summed E-state index contributed by atoms with van der Waals surface area (Å²) in [5.74, 6) is 1.46. The molecule has 0 aromatic carbocycles. The number of nitrogens with zero attached hydrogens (tertiary/aromatic N) is 1. The summed E-state index contributed by atoms with van der Waals surface area (Å²) in [5.41, 5.74) is 7.88. The summed E-state index contributed by atoms with van der Waals surface area (Å²) in [6.07, 6.45) is 5.65. The third-order valence-electron chi connectivity index (χ3n) is 2.93. The van der Waals surface area contributed by atoms with Crippen LogP contribution in [0.25, 0.3) is 0 Å². The van der Waals surface area contributed by atoms with Gasteiger partial charge in [0, 0.05) is 23.7 Å². The standard InChI is InChI=1S/C11H16N2O/c1-14-11-7-13-10(5-9(11)6-12)8-3-2-4-8/h5,7-8H,2-4,6,12H2,1H3. The monoisotopic (exact) mass is 192 g/mol. The van der Waals surface area contributed by atoms with Crippen molar-refractivity contribution in [2.45, 2.75) is 31.7 Å². The molecule has 0 unspecified atom stereocenters. The van der Waals surface area contributed by atoms with Crippen LogP contribution in [0.15, 0.2) is 12.3 Å². The second kappa shape index (κ2) is 3.96. The van der Waals surface area contributed by atoms with E-state index in [1.807, 2.05) is 0 Å². The molecule has 3 nitrogen and oxygen atoms in total. The lowest BCUT2D eigenvalue weighted by Gasteiger charge is -2.25. The van der Waals surface area contributed by atoms with Gasteiger partial charge in [-0.25, -0.2) is 0 Å². The Hall–Kier alpha value is -1.09.